The third-order valence-corrected chi connectivity index (χ3v) is 5.00. The minimum absolute atomic E-state index is 0.00803. The van der Waals surface area contributed by atoms with Crippen LogP contribution in [0.3, 0.4) is 0 Å². The standard InChI is InChI=1S/C25H34O2/c1-19(2)10-7-11-20(3)12-8-13-21(4)14-9-15-22-18-24(26)23-16-5-6-17-25(23)27-22/h5-6,10,12,14,16-17,22H,7-9,11,13,15,18H2,1-4H3/b20-12+,21-14+. The first-order chi connectivity index (χ1) is 13.0. The number of Topliss-reactive ketones (excluding diaryl/α,β-unsaturated/α-hetero) is 1. The van der Waals surface area contributed by atoms with Crippen molar-refractivity contribution in [2.45, 2.75) is 78.7 Å². The Morgan fingerprint density at radius 1 is 0.963 bits per heavy atom. The van der Waals surface area contributed by atoms with Crippen LogP contribution in [0, 0.1) is 0 Å². The molecule has 0 aliphatic carbocycles. The van der Waals surface area contributed by atoms with E-state index in [1.807, 2.05) is 24.3 Å². The fourth-order valence-corrected chi connectivity index (χ4v) is 3.35. The SMILES string of the molecule is CC(C)=CCC/C(C)=C/CC/C(C)=C/CCC1CC(=O)c2ccccc2O1. The van der Waals surface area contributed by atoms with Gasteiger partial charge < -0.3 is 4.74 Å². The van der Waals surface area contributed by atoms with E-state index >= 15 is 0 Å². The number of carbonyl (C=O) groups excluding carboxylic acids is 1. The van der Waals surface area contributed by atoms with E-state index in [9.17, 15) is 4.79 Å². The van der Waals surface area contributed by atoms with E-state index in [0.717, 1.165) is 49.8 Å². The Morgan fingerprint density at radius 2 is 1.59 bits per heavy atom. The first kappa shape index (κ1) is 21.2. The zero-order valence-electron chi connectivity index (χ0n) is 17.4. The minimum atomic E-state index is 0.00803. The number of para-hydroxylation sites is 1. The molecule has 0 saturated heterocycles. The Morgan fingerprint density at radius 3 is 2.30 bits per heavy atom. The Kier molecular flexibility index (Phi) is 8.57. The van der Waals surface area contributed by atoms with Crippen molar-refractivity contribution in [3.8, 4) is 5.75 Å². The summed E-state index contributed by atoms with van der Waals surface area (Å²) in [5, 5.41) is 0. The lowest BCUT2D eigenvalue weighted by Gasteiger charge is -2.24. The third-order valence-electron chi connectivity index (χ3n) is 5.00. The van der Waals surface area contributed by atoms with Gasteiger partial charge in [-0.05, 0) is 78.4 Å². The van der Waals surface area contributed by atoms with Crippen LogP contribution >= 0.6 is 0 Å². The van der Waals surface area contributed by atoms with Crippen LogP contribution < -0.4 is 4.74 Å². The number of hydrogen-bond donors (Lipinski definition) is 0. The number of benzene rings is 1. The van der Waals surface area contributed by atoms with Gasteiger partial charge in [-0.1, -0.05) is 47.1 Å². The minimum Gasteiger partial charge on any atom is -0.489 e. The number of rotatable bonds is 9. The average molecular weight is 367 g/mol. The number of ether oxygens (including phenoxy) is 1. The summed E-state index contributed by atoms with van der Waals surface area (Å²) in [7, 11) is 0. The molecule has 0 N–H and O–H groups in total. The molecular weight excluding hydrogens is 332 g/mol. The molecule has 0 amide bonds. The van der Waals surface area contributed by atoms with Gasteiger partial charge in [0.15, 0.2) is 5.78 Å². The van der Waals surface area contributed by atoms with Gasteiger partial charge in [0.25, 0.3) is 0 Å². The second kappa shape index (κ2) is 10.9. The van der Waals surface area contributed by atoms with Crippen LogP contribution in [0.1, 0.15) is 83.0 Å². The van der Waals surface area contributed by atoms with Crippen molar-refractivity contribution in [2.24, 2.45) is 0 Å². The molecule has 0 saturated carbocycles. The van der Waals surface area contributed by atoms with E-state index in [4.69, 9.17) is 4.74 Å². The van der Waals surface area contributed by atoms with E-state index < -0.39 is 0 Å². The molecular formula is C25H34O2. The number of hydrogen-bond acceptors (Lipinski definition) is 2. The highest BCUT2D eigenvalue weighted by Gasteiger charge is 2.25. The molecule has 2 rings (SSSR count). The lowest BCUT2D eigenvalue weighted by Crippen LogP contribution is -2.26. The first-order valence-electron chi connectivity index (χ1n) is 10.2. The maximum absolute atomic E-state index is 12.2. The third kappa shape index (κ3) is 7.58. The Bertz CT molecular complexity index is 718. The largest absolute Gasteiger partial charge is 0.489 e. The Labute approximate surface area is 165 Å². The normalized spacial score (nSPS) is 17.3. The molecule has 0 bridgehead atoms. The topological polar surface area (TPSA) is 26.3 Å². The van der Waals surface area contributed by atoms with Crippen LogP contribution in [0.5, 0.6) is 5.75 Å². The van der Waals surface area contributed by atoms with Crippen molar-refractivity contribution in [2.75, 3.05) is 0 Å². The van der Waals surface area contributed by atoms with Crippen molar-refractivity contribution >= 4 is 5.78 Å². The quantitative estimate of drug-likeness (QED) is 0.431. The van der Waals surface area contributed by atoms with Gasteiger partial charge in [-0.15, -0.1) is 0 Å². The molecule has 1 aromatic carbocycles. The van der Waals surface area contributed by atoms with Crippen LogP contribution in [0.25, 0.3) is 0 Å². The van der Waals surface area contributed by atoms with Crippen LogP contribution in [0.4, 0.5) is 0 Å². The number of fused-ring (bicyclic) bond motifs is 1. The zero-order chi connectivity index (χ0) is 19.6. The molecule has 1 aliphatic rings. The van der Waals surface area contributed by atoms with E-state index in [2.05, 4.69) is 45.9 Å². The number of ketones is 1. The summed E-state index contributed by atoms with van der Waals surface area (Å²) < 4.78 is 5.99. The van der Waals surface area contributed by atoms with Gasteiger partial charge in [0.2, 0.25) is 0 Å². The number of carbonyl (C=O) groups is 1. The van der Waals surface area contributed by atoms with E-state index in [1.165, 1.54) is 16.7 Å². The molecule has 0 aromatic heterocycles. The molecule has 1 atom stereocenters. The molecule has 27 heavy (non-hydrogen) atoms. The second-order valence-electron chi connectivity index (χ2n) is 7.90. The summed E-state index contributed by atoms with van der Waals surface area (Å²) in [6.07, 6.45) is 13.9. The molecule has 2 heteroatoms. The van der Waals surface area contributed by atoms with Crippen LogP contribution in [0.2, 0.25) is 0 Å². The summed E-state index contributed by atoms with van der Waals surface area (Å²) in [4.78, 5) is 12.2. The summed E-state index contributed by atoms with van der Waals surface area (Å²) in [5.41, 5.74) is 5.03. The van der Waals surface area contributed by atoms with Gasteiger partial charge in [0, 0.05) is 6.42 Å². The van der Waals surface area contributed by atoms with Gasteiger partial charge >= 0.3 is 0 Å². The first-order valence-corrected chi connectivity index (χ1v) is 10.2. The number of allylic oxidation sites excluding steroid dienone is 6. The van der Waals surface area contributed by atoms with Crippen molar-refractivity contribution in [3.05, 3.63) is 64.8 Å². The molecule has 1 unspecified atom stereocenters. The van der Waals surface area contributed by atoms with Crippen molar-refractivity contribution in [3.63, 3.8) is 0 Å². The Hall–Kier alpha value is -2.09. The van der Waals surface area contributed by atoms with E-state index in [-0.39, 0.29) is 11.9 Å². The smallest absolute Gasteiger partial charge is 0.170 e. The highest BCUT2D eigenvalue weighted by Crippen LogP contribution is 2.29. The average Bonchev–Trinajstić information content (AvgIpc) is 2.61. The van der Waals surface area contributed by atoms with Crippen molar-refractivity contribution in [1.82, 2.24) is 0 Å². The summed E-state index contributed by atoms with van der Waals surface area (Å²) in [6, 6.07) is 7.57. The van der Waals surface area contributed by atoms with E-state index in [1.54, 1.807) is 0 Å². The maximum atomic E-state index is 12.2. The lowest BCUT2D eigenvalue weighted by molar-refractivity contribution is 0.0840. The fourth-order valence-electron chi connectivity index (χ4n) is 3.35. The monoisotopic (exact) mass is 366 g/mol. The highest BCUT2D eigenvalue weighted by molar-refractivity contribution is 5.99. The zero-order valence-corrected chi connectivity index (χ0v) is 17.4. The van der Waals surface area contributed by atoms with Gasteiger partial charge in [0.05, 0.1) is 5.56 Å². The molecule has 0 spiro atoms. The van der Waals surface area contributed by atoms with Gasteiger partial charge in [-0.25, -0.2) is 0 Å². The molecule has 1 heterocycles. The lowest BCUT2D eigenvalue weighted by atomic mass is 9.97. The van der Waals surface area contributed by atoms with Gasteiger partial charge in [-0.3, -0.25) is 4.79 Å². The molecule has 2 nitrogen and oxygen atoms in total. The van der Waals surface area contributed by atoms with Gasteiger partial charge in [0.1, 0.15) is 11.9 Å². The predicted molar refractivity (Wildman–Crippen MR) is 114 cm³/mol. The molecule has 1 aliphatic heterocycles. The fraction of sp³-hybridized carbons (Fsp3) is 0.480. The van der Waals surface area contributed by atoms with E-state index in [0.29, 0.717) is 6.42 Å². The molecule has 0 fully saturated rings. The maximum Gasteiger partial charge on any atom is 0.170 e. The predicted octanol–water partition coefficient (Wildman–Crippen LogP) is 7.22. The Balaban J connectivity index is 1.70. The van der Waals surface area contributed by atoms with Crippen molar-refractivity contribution < 1.29 is 9.53 Å². The van der Waals surface area contributed by atoms with Gasteiger partial charge in [-0.2, -0.15) is 0 Å². The summed E-state index contributed by atoms with van der Waals surface area (Å²) >= 11 is 0. The van der Waals surface area contributed by atoms with Crippen molar-refractivity contribution in [1.29, 1.82) is 0 Å². The molecule has 0 radical (unpaired) electrons. The van der Waals surface area contributed by atoms with Crippen LogP contribution in [-0.4, -0.2) is 11.9 Å². The second-order valence-corrected chi connectivity index (χ2v) is 7.90. The van der Waals surface area contributed by atoms with Crippen LogP contribution in [-0.2, 0) is 0 Å². The summed E-state index contributed by atoms with van der Waals surface area (Å²) in [5.74, 6) is 0.949. The highest BCUT2D eigenvalue weighted by atomic mass is 16.5. The molecule has 146 valence electrons. The van der Waals surface area contributed by atoms with Crippen LogP contribution in [0.15, 0.2) is 59.2 Å². The molecule has 1 aromatic rings. The summed E-state index contributed by atoms with van der Waals surface area (Å²) in [6.45, 7) is 8.74.